The molecule has 0 saturated heterocycles. The van der Waals surface area contributed by atoms with E-state index in [1.54, 1.807) is 0 Å². The zero-order chi connectivity index (χ0) is 14.5. The van der Waals surface area contributed by atoms with Gasteiger partial charge < -0.3 is 16.2 Å². The Morgan fingerprint density at radius 1 is 1.32 bits per heavy atom. The fourth-order valence-electron chi connectivity index (χ4n) is 1.51. The highest BCUT2D eigenvalue weighted by molar-refractivity contribution is 5.73. The van der Waals surface area contributed by atoms with E-state index in [2.05, 4.69) is 0 Å². The van der Waals surface area contributed by atoms with Gasteiger partial charge in [0.1, 0.15) is 5.75 Å². The Morgan fingerprint density at radius 3 is 2.53 bits per heavy atom. The van der Waals surface area contributed by atoms with Crippen molar-refractivity contribution in [2.45, 2.75) is 19.0 Å². The number of halogens is 3. The molecule has 7 heteroatoms. The van der Waals surface area contributed by atoms with Crippen molar-refractivity contribution < 1.29 is 22.7 Å². The van der Waals surface area contributed by atoms with Crippen LogP contribution < -0.4 is 16.2 Å². The number of hydrogen-bond donors (Lipinski definition) is 2. The molecule has 0 radical (unpaired) electrons. The van der Waals surface area contributed by atoms with Crippen LogP contribution in [0.2, 0.25) is 0 Å². The third-order valence-electron chi connectivity index (χ3n) is 2.39. The van der Waals surface area contributed by atoms with E-state index in [1.807, 2.05) is 0 Å². The number of rotatable bonds is 6. The summed E-state index contributed by atoms with van der Waals surface area (Å²) in [5.74, 6) is -0.942. The van der Waals surface area contributed by atoms with E-state index in [-0.39, 0.29) is 25.3 Å². The molecule has 4 nitrogen and oxygen atoms in total. The summed E-state index contributed by atoms with van der Waals surface area (Å²) in [6, 6.07) is 3.75. The minimum atomic E-state index is -4.52. The van der Waals surface area contributed by atoms with E-state index in [0.29, 0.717) is 12.0 Å². The molecule has 106 valence electrons. The Morgan fingerprint density at radius 2 is 2.00 bits per heavy atom. The molecule has 0 atom stereocenters. The van der Waals surface area contributed by atoms with Gasteiger partial charge in [-0.25, -0.2) is 0 Å². The van der Waals surface area contributed by atoms with Crippen LogP contribution in [-0.2, 0) is 17.4 Å². The first kappa shape index (κ1) is 15.3. The van der Waals surface area contributed by atoms with Gasteiger partial charge in [-0.2, -0.15) is 13.2 Å². The molecule has 0 bridgehead atoms. The Hall–Kier alpha value is -1.76. The summed E-state index contributed by atoms with van der Waals surface area (Å²) in [7, 11) is 0. The van der Waals surface area contributed by atoms with Gasteiger partial charge in [0.2, 0.25) is 5.91 Å². The van der Waals surface area contributed by atoms with E-state index in [1.165, 1.54) is 12.1 Å². The number of primary amides is 1. The van der Waals surface area contributed by atoms with Crippen molar-refractivity contribution >= 4 is 5.91 Å². The molecule has 0 fully saturated rings. The lowest BCUT2D eigenvalue weighted by molar-refractivity contribution is -0.139. The van der Waals surface area contributed by atoms with E-state index in [4.69, 9.17) is 16.2 Å². The zero-order valence-electron chi connectivity index (χ0n) is 10.2. The number of nitrogens with two attached hydrogens (primary N) is 2. The summed E-state index contributed by atoms with van der Waals surface area (Å²) in [6.07, 6.45) is -4.31. The zero-order valence-corrected chi connectivity index (χ0v) is 10.2. The average molecular weight is 276 g/mol. The Labute approximate surface area is 108 Å². The van der Waals surface area contributed by atoms with Gasteiger partial charge in [0.05, 0.1) is 18.6 Å². The first-order valence-electron chi connectivity index (χ1n) is 5.66. The Balaban J connectivity index is 2.92. The van der Waals surface area contributed by atoms with Crippen LogP contribution in [0.3, 0.4) is 0 Å². The second-order valence-corrected chi connectivity index (χ2v) is 3.93. The van der Waals surface area contributed by atoms with Crippen molar-refractivity contribution in [1.82, 2.24) is 0 Å². The molecule has 0 heterocycles. The third-order valence-corrected chi connectivity index (χ3v) is 2.39. The number of ether oxygens (including phenoxy) is 1. The van der Waals surface area contributed by atoms with Crippen LogP contribution in [0.25, 0.3) is 0 Å². The molecule has 0 aromatic heterocycles. The molecule has 1 aromatic carbocycles. The summed E-state index contributed by atoms with van der Waals surface area (Å²) in [4.78, 5) is 10.5. The second kappa shape index (κ2) is 6.42. The highest BCUT2D eigenvalue weighted by atomic mass is 19.4. The van der Waals surface area contributed by atoms with Crippen LogP contribution >= 0.6 is 0 Å². The lowest BCUT2D eigenvalue weighted by atomic mass is 10.1. The number of carbonyl (C=O) groups is 1. The standard InChI is InChI=1S/C12H15F3N2O2/c13-12(14,15)9-7-8(3-5-16)1-2-10(9)19-6-4-11(17)18/h1-2,7H,3-6,16H2,(H2,17,18). The molecular weight excluding hydrogens is 261 g/mol. The predicted octanol–water partition coefficient (Wildman–Crippen LogP) is 1.46. The van der Waals surface area contributed by atoms with Crippen LogP contribution in [-0.4, -0.2) is 19.1 Å². The fourth-order valence-corrected chi connectivity index (χ4v) is 1.51. The predicted molar refractivity (Wildman–Crippen MR) is 63.5 cm³/mol. The molecule has 1 rings (SSSR count). The van der Waals surface area contributed by atoms with Gasteiger partial charge in [-0.15, -0.1) is 0 Å². The maximum atomic E-state index is 12.9. The highest BCUT2D eigenvalue weighted by Gasteiger charge is 2.34. The molecular formula is C12H15F3N2O2. The maximum Gasteiger partial charge on any atom is 0.419 e. The van der Waals surface area contributed by atoms with Gasteiger partial charge in [-0.3, -0.25) is 4.79 Å². The number of benzene rings is 1. The van der Waals surface area contributed by atoms with Crippen LogP contribution in [0.1, 0.15) is 17.5 Å². The van der Waals surface area contributed by atoms with Crippen LogP contribution in [0, 0.1) is 0 Å². The van der Waals surface area contributed by atoms with Crippen LogP contribution in [0.5, 0.6) is 5.75 Å². The van der Waals surface area contributed by atoms with Crippen LogP contribution in [0.15, 0.2) is 18.2 Å². The third kappa shape index (κ3) is 4.78. The lowest BCUT2D eigenvalue weighted by Gasteiger charge is -2.15. The average Bonchev–Trinajstić information content (AvgIpc) is 2.29. The van der Waals surface area contributed by atoms with Gasteiger partial charge in [0.15, 0.2) is 0 Å². The molecule has 0 aliphatic rings. The van der Waals surface area contributed by atoms with E-state index >= 15 is 0 Å². The first-order valence-corrected chi connectivity index (χ1v) is 5.66. The van der Waals surface area contributed by atoms with Crippen LogP contribution in [0.4, 0.5) is 13.2 Å². The summed E-state index contributed by atoms with van der Waals surface area (Å²) in [6.45, 7) is 0.0772. The van der Waals surface area contributed by atoms with Gasteiger partial charge >= 0.3 is 6.18 Å². The SMILES string of the molecule is NCCc1ccc(OCCC(N)=O)c(C(F)(F)F)c1. The fraction of sp³-hybridized carbons (Fsp3) is 0.417. The molecule has 0 spiro atoms. The monoisotopic (exact) mass is 276 g/mol. The Bertz CT molecular complexity index is 447. The van der Waals surface area contributed by atoms with E-state index in [0.717, 1.165) is 6.07 Å². The summed E-state index contributed by atoms with van der Waals surface area (Å²) in [5.41, 5.74) is 9.81. The molecule has 0 aliphatic carbocycles. The minimum Gasteiger partial charge on any atom is -0.492 e. The van der Waals surface area contributed by atoms with Crippen molar-refractivity contribution in [1.29, 1.82) is 0 Å². The number of alkyl halides is 3. The summed E-state index contributed by atoms with van der Waals surface area (Å²) in [5, 5.41) is 0. The van der Waals surface area contributed by atoms with Gasteiger partial charge in [0.25, 0.3) is 0 Å². The van der Waals surface area contributed by atoms with Gasteiger partial charge in [0, 0.05) is 0 Å². The van der Waals surface area contributed by atoms with Crippen molar-refractivity contribution in [2.75, 3.05) is 13.2 Å². The van der Waals surface area contributed by atoms with Crippen molar-refractivity contribution in [3.8, 4) is 5.75 Å². The normalized spacial score (nSPS) is 11.4. The topological polar surface area (TPSA) is 78.3 Å². The molecule has 0 aliphatic heterocycles. The quantitative estimate of drug-likeness (QED) is 0.825. The minimum absolute atomic E-state index is 0.137. The molecule has 1 aromatic rings. The largest absolute Gasteiger partial charge is 0.492 e. The number of carbonyl (C=O) groups excluding carboxylic acids is 1. The van der Waals surface area contributed by atoms with E-state index in [9.17, 15) is 18.0 Å². The van der Waals surface area contributed by atoms with Crippen molar-refractivity contribution in [3.63, 3.8) is 0 Å². The molecule has 0 unspecified atom stereocenters. The molecule has 19 heavy (non-hydrogen) atoms. The summed E-state index contributed by atoms with van der Waals surface area (Å²) >= 11 is 0. The smallest absolute Gasteiger partial charge is 0.419 e. The first-order chi connectivity index (χ1) is 8.84. The highest BCUT2D eigenvalue weighted by Crippen LogP contribution is 2.36. The lowest BCUT2D eigenvalue weighted by Crippen LogP contribution is -2.16. The van der Waals surface area contributed by atoms with Crippen molar-refractivity contribution in [2.24, 2.45) is 11.5 Å². The second-order valence-electron chi connectivity index (χ2n) is 3.93. The number of hydrogen-bond acceptors (Lipinski definition) is 3. The summed E-state index contributed by atoms with van der Waals surface area (Å²) < 4.78 is 43.5. The van der Waals surface area contributed by atoms with Gasteiger partial charge in [-0.1, -0.05) is 6.07 Å². The molecule has 0 saturated carbocycles. The molecule has 1 amide bonds. The number of amides is 1. The van der Waals surface area contributed by atoms with Gasteiger partial charge in [-0.05, 0) is 30.7 Å². The van der Waals surface area contributed by atoms with Crippen molar-refractivity contribution in [3.05, 3.63) is 29.3 Å². The van der Waals surface area contributed by atoms with E-state index < -0.39 is 17.6 Å². The molecule has 4 N–H and O–H groups in total. The maximum absolute atomic E-state index is 12.9. The Kier molecular flexibility index (Phi) is 5.17.